The van der Waals surface area contributed by atoms with Gasteiger partial charge in [0.05, 0.1) is 7.11 Å². The summed E-state index contributed by atoms with van der Waals surface area (Å²) in [5.41, 5.74) is 2.06. The van der Waals surface area contributed by atoms with Crippen molar-refractivity contribution in [1.82, 2.24) is 16.0 Å². The fraction of sp³-hybridized carbons (Fsp3) is 0.500. The van der Waals surface area contributed by atoms with Gasteiger partial charge in [-0.05, 0) is 30.4 Å². The third-order valence-corrected chi connectivity index (χ3v) is 4.86. The second-order valence-corrected chi connectivity index (χ2v) is 6.43. The molecule has 2 aliphatic heterocycles. The lowest BCUT2D eigenvalue weighted by molar-refractivity contribution is -0.146. The molecule has 1 fully saturated rings. The molecule has 3 atom stereocenters. The summed E-state index contributed by atoms with van der Waals surface area (Å²) >= 11 is 0. The molecule has 134 valence electrons. The van der Waals surface area contributed by atoms with E-state index in [1.165, 1.54) is 7.11 Å². The van der Waals surface area contributed by atoms with Crippen LogP contribution in [0.25, 0.3) is 0 Å². The van der Waals surface area contributed by atoms with Crippen LogP contribution in [0.15, 0.2) is 24.3 Å². The van der Waals surface area contributed by atoms with Crippen molar-refractivity contribution in [2.24, 2.45) is 5.92 Å². The average molecular weight is 345 g/mol. The van der Waals surface area contributed by atoms with Crippen molar-refractivity contribution < 1.29 is 19.1 Å². The van der Waals surface area contributed by atoms with E-state index in [0.717, 1.165) is 17.5 Å². The summed E-state index contributed by atoms with van der Waals surface area (Å²) in [4.78, 5) is 36.6. The summed E-state index contributed by atoms with van der Waals surface area (Å²) in [7, 11) is 1.28. The second-order valence-electron chi connectivity index (χ2n) is 6.43. The Morgan fingerprint density at radius 2 is 2.12 bits per heavy atom. The Balaban J connectivity index is 1.72. The van der Waals surface area contributed by atoms with E-state index in [0.29, 0.717) is 19.5 Å². The van der Waals surface area contributed by atoms with Gasteiger partial charge < -0.3 is 20.7 Å². The number of esters is 1. The lowest BCUT2D eigenvalue weighted by atomic mass is 9.93. The number of carbonyl (C=O) groups excluding carboxylic acids is 3. The Labute approximate surface area is 146 Å². The van der Waals surface area contributed by atoms with Gasteiger partial charge in [0.2, 0.25) is 11.8 Å². The van der Waals surface area contributed by atoms with Crippen LogP contribution in [0.1, 0.15) is 30.0 Å². The van der Waals surface area contributed by atoms with Crippen LogP contribution in [0.2, 0.25) is 0 Å². The van der Waals surface area contributed by atoms with Crippen LogP contribution in [0.5, 0.6) is 0 Å². The molecule has 7 heteroatoms. The molecule has 3 N–H and O–H groups in total. The van der Waals surface area contributed by atoms with E-state index in [4.69, 9.17) is 4.74 Å². The van der Waals surface area contributed by atoms with Crippen LogP contribution in [-0.4, -0.2) is 44.0 Å². The van der Waals surface area contributed by atoms with Crippen LogP contribution in [0, 0.1) is 5.92 Å². The molecule has 0 aromatic heterocycles. The molecule has 1 aromatic carbocycles. The highest BCUT2D eigenvalue weighted by Crippen LogP contribution is 2.23. The highest BCUT2D eigenvalue weighted by atomic mass is 16.5. The van der Waals surface area contributed by atoms with Crippen molar-refractivity contribution in [3.63, 3.8) is 0 Å². The molecule has 1 saturated heterocycles. The monoisotopic (exact) mass is 345 g/mol. The van der Waals surface area contributed by atoms with Crippen molar-refractivity contribution in [3.8, 4) is 0 Å². The molecule has 2 heterocycles. The summed E-state index contributed by atoms with van der Waals surface area (Å²) in [6, 6.07) is 6.44. The van der Waals surface area contributed by atoms with Gasteiger partial charge in [-0.15, -0.1) is 0 Å². The molecule has 2 amide bonds. The normalized spacial score (nSPS) is 23.3. The standard InChI is InChI=1S/C18H23N3O4/c1-25-18(24)14(10-12-7-9-20-16(12)22)21-17(23)15-13-5-3-2-4-11(13)6-8-19-15/h2-5,12,14-15,19H,6-10H2,1H3,(H,20,22)(H,21,23)/t12-,14-,15-/m0/s1. The quantitative estimate of drug-likeness (QED) is 0.656. The summed E-state index contributed by atoms with van der Waals surface area (Å²) < 4.78 is 4.81. The lowest BCUT2D eigenvalue weighted by Crippen LogP contribution is -2.49. The van der Waals surface area contributed by atoms with Gasteiger partial charge in [-0.3, -0.25) is 9.59 Å². The van der Waals surface area contributed by atoms with E-state index in [9.17, 15) is 14.4 Å². The molecule has 25 heavy (non-hydrogen) atoms. The van der Waals surface area contributed by atoms with Gasteiger partial charge >= 0.3 is 5.97 Å². The number of fused-ring (bicyclic) bond motifs is 1. The number of ether oxygens (including phenoxy) is 1. The van der Waals surface area contributed by atoms with E-state index in [1.54, 1.807) is 0 Å². The van der Waals surface area contributed by atoms with E-state index < -0.39 is 18.1 Å². The first-order valence-corrected chi connectivity index (χ1v) is 8.57. The first kappa shape index (κ1) is 17.4. The Kier molecular flexibility index (Phi) is 5.33. The number of hydrogen-bond acceptors (Lipinski definition) is 5. The largest absolute Gasteiger partial charge is 0.467 e. The maximum absolute atomic E-state index is 12.8. The zero-order valence-electron chi connectivity index (χ0n) is 14.2. The number of nitrogens with one attached hydrogen (secondary N) is 3. The molecule has 0 spiro atoms. The number of rotatable bonds is 5. The second kappa shape index (κ2) is 7.65. The minimum Gasteiger partial charge on any atom is -0.467 e. The molecule has 0 saturated carbocycles. The number of hydrogen-bond donors (Lipinski definition) is 3. The summed E-state index contributed by atoms with van der Waals surface area (Å²) in [6.07, 6.45) is 1.77. The van der Waals surface area contributed by atoms with E-state index in [2.05, 4.69) is 16.0 Å². The molecule has 7 nitrogen and oxygen atoms in total. The minimum absolute atomic E-state index is 0.0794. The van der Waals surface area contributed by atoms with Crippen molar-refractivity contribution in [2.45, 2.75) is 31.3 Å². The van der Waals surface area contributed by atoms with Gasteiger partial charge in [0, 0.05) is 19.0 Å². The summed E-state index contributed by atoms with van der Waals surface area (Å²) in [5.74, 6) is -1.17. The Morgan fingerprint density at radius 1 is 1.32 bits per heavy atom. The maximum atomic E-state index is 12.8. The smallest absolute Gasteiger partial charge is 0.328 e. The summed E-state index contributed by atoms with van der Waals surface area (Å²) in [5, 5.41) is 8.71. The van der Waals surface area contributed by atoms with E-state index >= 15 is 0 Å². The fourth-order valence-electron chi connectivity index (χ4n) is 3.50. The van der Waals surface area contributed by atoms with Crippen LogP contribution in [-0.2, 0) is 25.5 Å². The minimum atomic E-state index is -0.831. The number of methoxy groups -OCH3 is 1. The average Bonchev–Trinajstić information content (AvgIpc) is 3.04. The van der Waals surface area contributed by atoms with Gasteiger partial charge in [0.15, 0.2) is 0 Å². The van der Waals surface area contributed by atoms with Crippen molar-refractivity contribution in [3.05, 3.63) is 35.4 Å². The highest BCUT2D eigenvalue weighted by Gasteiger charge is 2.34. The molecule has 0 unspecified atom stereocenters. The molecule has 0 bridgehead atoms. The molecule has 0 aliphatic carbocycles. The zero-order valence-corrected chi connectivity index (χ0v) is 14.2. The lowest BCUT2D eigenvalue weighted by Gasteiger charge is -2.28. The molecule has 1 aromatic rings. The third-order valence-electron chi connectivity index (χ3n) is 4.86. The third kappa shape index (κ3) is 3.82. The highest BCUT2D eigenvalue weighted by molar-refractivity contribution is 5.89. The Bertz CT molecular complexity index is 676. The van der Waals surface area contributed by atoms with Crippen LogP contribution in [0.4, 0.5) is 0 Å². The van der Waals surface area contributed by atoms with Gasteiger partial charge in [-0.25, -0.2) is 4.79 Å². The first-order valence-electron chi connectivity index (χ1n) is 8.57. The molecule has 0 radical (unpaired) electrons. The predicted octanol–water partition coefficient (Wildman–Crippen LogP) is 0.0574. The first-order chi connectivity index (χ1) is 12.1. The van der Waals surface area contributed by atoms with Crippen LogP contribution >= 0.6 is 0 Å². The Morgan fingerprint density at radius 3 is 2.84 bits per heavy atom. The number of amides is 2. The van der Waals surface area contributed by atoms with Gasteiger partial charge in [-0.1, -0.05) is 24.3 Å². The molecule has 3 rings (SSSR count). The van der Waals surface area contributed by atoms with Crippen molar-refractivity contribution in [2.75, 3.05) is 20.2 Å². The zero-order chi connectivity index (χ0) is 17.8. The van der Waals surface area contributed by atoms with Crippen LogP contribution in [0.3, 0.4) is 0 Å². The van der Waals surface area contributed by atoms with E-state index in [-0.39, 0.29) is 24.2 Å². The van der Waals surface area contributed by atoms with Crippen molar-refractivity contribution in [1.29, 1.82) is 0 Å². The Hall–Kier alpha value is -2.41. The van der Waals surface area contributed by atoms with Gasteiger partial charge in [0.25, 0.3) is 0 Å². The predicted molar refractivity (Wildman–Crippen MR) is 90.6 cm³/mol. The van der Waals surface area contributed by atoms with Crippen molar-refractivity contribution >= 4 is 17.8 Å². The molecular weight excluding hydrogens is 322 g/mol. The van der Waals surface area contributed by atoms with Crippen LogP contribution < -0.4 is 16.0 Å². The molecular formula is C18H23N3O4. The SMILES string of the molecule is COC(=O)[C@H](C[C@@H]1CCNC1=O)NC(=O)[C@H]1NCCc2ccccc21. The van der Waals surface area contributed by atoms with Gasteiger partial charge in [0.1, 0.15) is 12.1 Å². The number of benzene rings is 1. The summed E-state index contributed by atoms with van der Waals surface area (Å²) in [6.45, 7) is 1.30. The number of carbonyl (C=O) groups is 3. The van der Waals surface area contributed by atoms with Gasteiger partial charge in [-0.2, -0.15) is 0 Å². The van der Waals surface area contributed by atoms with E-state index in [1.807, 2.05) is 24.3 Å². The maximum Gasteiger partial charge on any atom is 0.328 e. The fourth-order valence-corrected chi connectivity index (χ4v) is 3.50. The molecule has 2 aliphatic rings. The topological polar surface area (TPSA) is 96.5 Å².